The standard InChI is InChI=1S/C20H25N5O2/c26-20(17-6-4-14-27-17)23-15-16-5-3-9-22-19(16)25-12-10-24(11-13-25)18-7-1-2-8-21-18/h1-3,5,7-9,17H,4,6,10-15H2,(H,23,26). The van der Waals surface area contributed by atoms with Gasteiger partial charge in [-0.25, -0.2) is 9.97 Å². The van der Waals surface area contributed by atoms with E-state index in [0.29, 0.717) is 13.2 Å². The highest BCUT2D eigenvalue weighted by molar-refractivity contribution is 5.81. The highest BCUT2D eigenvalue weighted by Gasteiger charge is 2.24. The lowest BCUT2D eigenvalue weighted by Gasteiger charge is -2.36. The summed E-state index contributed by atoms with van der Waals surface area (Å²) in [6, 6.07) is 9.94. The van der Waals surface area contributed by atoms with Crippen LogP contribution in [-0.4, -0.2) is 54.8 Å². The Morgan fingerprint density at radius 3 is 2.63 bits per heavy atom. The van der Waals surface area contributed by atoms with Crippen molar-refractivity contribution in [2.75, 3.05) is 42.6 Å². The topological polar surface area (TPSA) is 70.6 Å². The molecule has 0 spiro atoms. The zero-order chi connectivity index (χ0) is 18.5. The van der Waals surface area contributed by atoms with E-state index in [0.717, 1.165) is 56.2 Å². The molecule has 0 aromatic carbocycles. The summed E-state index contributed by atoms with van der Waals surface area (Å²) in [5, 5.41) is 3.00. The van der Waals surface area contributed by atoms with Gasteiger partial charge in [-0.15, -0.1) is 0 Å². The Morgan fingerprint density at radius 1 is 1.07 bits per heavy atom. The summed E-state index contributed by atoms with van der Waals surface area (Å²) in [5.41, 5.74) is 1.04. The van der Waals surface area contributed by atoms with Crippen LogP contribution in [-0.2, 0) is 16.1 Å². The largest absolute Gasteiger partial charge is 0.368 e. The Balaban J connectivity index is 1.37. The summed E-state index contributed by atoms with van der Waals surface area (Å²) < 4.78 is 5.45. The number of nitrogens with one attached hydrogen (secondary N) is 1. The average Bonchev–Trinajstić information content (AvgIpc) is 3.28. The summed E-state index contributed by atoms with van der Waals surface area (Å²) in [7, 11) is 0. The molecule has 0 saturated carbocycles. The first-order valence-electron chi connectivity index (χ1n) is 9.55. The third-order valence-electron chi connectivity index (χ3n) is 5.10. The normalized spacial score (nSPS) is 19.9. The van der Waals surface area contributed by atoms with Crippen molar-refractivity contribution in [2.24, 2.45) is 0 Å². The van der Waals surface area contributed by atoms with Crippen LogP contribution in [0.5, 0.6) is 0 Å². The Hall–Kier alpha value is -2.67. The molecule has 4 heterocycles. The maximum absolute atomic E-state index is 12.2. The molecule has 0 radical (unpaired) electrons. The number of hydrogen-bond donors (Lipinski definition) is 1. The number of anilines is 2. The highest BCUT2D eigenvalue weighted by atomic mass is 16.5. The molecule has 0 bridgehead atoms. The predicted octanol–water partition coefficient (Wildman–Crippen LogP) is 1.60. The molecule has 0 aliphatic carbocycles. The molecule has 4 rings (SSSR count). The van der Waals surface area contributed by atoms with Crippen LogP contribution in [0.2, 0.25) is 0 Å². The number of hydrogen-bond acceptors (Lipinski definition) is 6. The molecule has 1 N–H and O–H groups in total. The molecule has 142 valence electrons. The van der Waals surface area contributed by atoms with Crippen molar-refractivity contribution in [3.8, 4) is 0 Å². The van der Waals surface area contributed by atoms with Crippen molar-refractivity contribution in [1.82, 2.24) is 15.3 Å². The third kappa shape index (κ3) is 4.19. The van der Waals surface area contributed by atoms with Crippen LogP contribution in [0, 0.1) is 0 Å². The summed E-state index contributed by atoms with van der Waals surface area (Å²) in [5.74, 6) is 1.94. The second kappa shape index (κ2) is 8.35. The number of aromatic nitrogens is 2. The van der Waals surface area contributed by atoms with E-state index in [9.17, 15) is 4.79 Å². The van der Waals surface area contributed by atoms with E-state index in [1.54, 1.807) is 0 Å². The number of pyridine rings is 2. The molecule has 2 aromatic heterocycles. The average molecular weight is 367 g/mol. The predicted molar refractivity (Wildman–Crippen MR) is 104 cm³/mol. The van der Waals surface area contributed by atoms with E-state index < -0.39 is 0 Å². The van der Waals surface area contributed by atoms with Crippen LogP contribution in [0.3, 0.4) is 0 Å². The molecule has 1 atom stereocenters. The highest BCUT2D eigenvalue weighted by Crippen LogP contribution is 2.21. The van der Waals surface area contributed by atoms with Gasteiger partial charge < -0.3 is 19.9 Å². The summed E-state index contributed by atoms with van der Waals surface area (Å²) >= 11 is 0. The monoisotopic (exact) mass is 367 g/mol. The van der Waals surface area contributed by atoms with E-state index in [4.69, 9.17) is 4.74 Å². The van der Waals surface area contributed by atoms with Crippen LogP contribution in [0.4, 0.5) is 11.6 Å². The number of carbonyl (C=O) groups excluding carboxylic acids is 1. The van der Waals surface area contributed by atoms with E-state index in [-0.39, 0.29) is 12.0 Å². The molecular formula is C20H25N5O2. The Kier molecular flexibility index (Phi) is 5.48. The first-order chi connectivity index (χ1) is 13.3. The number of carbonyl (C=O) groups is 1. The molecule has 2 saturated heterocycles. The molecular weight excluding hydrogens is 342 g/mol. The molecule has 2 aliphatic rings. The van der Waals surface area contributed by atoms with Gasteiger partial charge in [-0.05, 0) is 31.0 Å². The van der Waals surface area contributed by atoms with Gasteiger partial charge in [0.1, 0.15) is 17.7 Å². The minimum absolute atomic E-state index is 0.0257. The van der Waals surface area contributed by atoms with E-state index in [2.05, 4.69) is 25.1 Å². The van der Waals surface area contributed by atoms with Crippen LogP contribution in [0.1, 0.15) is 18.4 Å². The molecule has 1 unspecified atom stereocenters. The smallest absolute Gasteiger partial charge is 0.249 e. The first kappa shape index (κ1) is 17.7. The number of piperazine rings is 1. The minimum atomic E-state index is -0.299. The van der Waals surface area contributed by atoms with Crippen LogP contribution >= 0.6 is 0 Å². The Labute approximate surface area is 159 Å². The SMILES string of the molecule is O=C(NCc1cccnc1N1CCN(c2ccccn2)CC1)C1CCCO1. The maximum Gasteiger partial charge on any atom is 0.249 e. The van der Waals surface area contributed by atoms with Gasteiger partial charge in [0.05, 0.1) is 0 Å². The number of amides is 1. The number of ether oxygens (including phenoxy) is 1. The molecule has 7 nitrogen and oxygen atoms in total. The number of rotatable bonds is 5. The van der Waals surface area contributed by atoms with Crippen LogP contribution in [0.25, 0.3) is 0 Å². The second-order valence-corrected chi connectivity index (χ2v) is 6.87. The zero-order valence-corrected chi connectivity index (χ0v) is 15.4. The van der Waals surface area contributed by atoms with Crippen molar-refractivity contribution >= 4 is 17.5 Å². The van der Waals surface area contributed by atoms with Gasteiger partial charge in [0.15, 0.2) is 0 Å². The van der Waals surface area contributed by atoms with E-state index >= 15 is 0 Å². The second-order valence-electron chi connectivity index (χ2n) is 6.87. The van der Waals surface area contributed by atoms with Crippen molar-refractivity contribution in [3.63, 3.8) is 0 Å². The zero-order valence-electron chi connectivity index (χ0n) is 15.4. The first-order valence-corrected chi connectivity index (χ1v) is 9.55. The molecule has 2 aliphatic heterocycles. The van der Waals surface area contributed by atoms with Gasteiger partial charge >= 0.3 is 0 Å². The van der Waals surface area contributed by atoms with Gasteiger partial charge in [-0.3, -0.25) is 4.79 Å². The van der Waals surface area contributed by atoms with Gasteiger partial charge in [-0.1, -0.05) is 12.1 Å². The van der Waals surface area contributed by atoms with Crippen molar-refractivity contribution < 1.29 is 9.53 Å². The fourth-order valence-corrected chi connectivity index (χ4v) is 3.62. The summed E-state index contributed by atoms with van der Waals surface area (Å²) in [6.07, 6.45) is 5.10. The third-order valence-corrected chi connectivity index (χ3v) is 5.10. The molecule has 7 heteroatoms. The fourth-order valence-electron chi connectivity index (χ4n) is 3.62. The van der Waals surface area contributed by atoms with Crippen molar-refractivity contribution in [1.29, 1.82) is 0 Å². The molecule has 1 amide bonds. The maximum atomic E-state index is 12.2. The van der Waals surface area contributed by atoms with Crippen molar-refractivity contribution in [2.45, 2.75) is 25.5 Å². The molecule has 2 aromatic rings. The number of nitrogens with zero attached hydrogens (tertiary/aromatic N) is 4. The minimum Gasteiger partial charge on any atom is -0.368 e. The van der Waals surface area contributed by atoms with Gasteiger partial charge in [0.25, 0.3) is 0 Å². The van der Waals surface area contributed by atoms with Gasteiger partial charge in [-0.2, -0.15) is 0 Å². The van der Waals surface area contributed by atoms with Gasteiger partial charge in [0.2, 0.25) is 5.91 Å². The lowest BCUT2D eigenvalue weighted by molar-refractivity contribution is -0.130. The Morgan fingerprint density at radius 2 is 1.89 bits per heavy atom. The molecule has 27 heavy (non-hydrogen) atoms. The Bertz CT molecular complexity index is 756. The van der Waals surface area contributed by atoms with Crippen molar-refractivity contribution in [3.05, 3.63) is 48.3 Å². The van der Waals surface area contributed by atoms with E-state index in [1.165, 1.54) is 0 Å². The van der Waals surface area contributed by atoms with E-state index in [1.807, 2.05) is 42.7 Å². The lowest BCUT2D eigenvalue weighted by Crippen LogP contribution is -2.47. The summed E-state index contributed by atoms with van der Waals surface area (Å²) in [6.45, 7) is 4.70. The quantitative estimate of drug-likeness (QED) is 0.866. The van der Waals surface area contributed by atoms with Crippen LogP contribution < -0.4 is 15.1 Å². The van der Waals surface area contributed by atoms with Crippen LogP contribution in [0.15, 0.2) is 42.7 Å². The fraction of sp³-hybridized carbons (Fsp3) is 0.450. The molecule has 2 fully saturated rings. The summed E-state index contributed by atoms with van der Waals surface area (Å²) in [4.78, 5) is 25.8. The lowest BCUT2D eigenvalue weighted by atomic mass is 10.2. The van der Waals surface area contributed by atoms with Gasteiger partial charge in [0, 0.05) is 57.3 Å².